The van der Waals surface area contributed by atoms with Crippen LogP contribution < -0.4 is 5.32 Å². The number of hydrogen-bond donors (Lipinski definition) is 5. The SMILES string of the molecule is CC(CCC(=O)NC(CSCC(=O)O)C(=O)O)C1CCC2C3C(O)CC4CC(O)CCC4(C)C3CCC12C. The van der Waals surface area contributed by atoms with Crippen LogP contribution in [0.5, 0.6) is 0 Å². The Labute approximate surface area is 230 Å². The first-order chi connectivity index (χ1) is 17.9. The molecule has 0 bridgehead atoms. The molecule has 1 amide bonds. The van der Waals surface area contributed by atoms with Gasteiger partial charge in [0.15, 0.2) is 0 Å². The molecule has 4 fully saturated rings. The van der Waals surface area contributed by atoms with Crippen LogP contribution in [0.25, 0.3) is 0 Å². The minimum atomic E-state index is -1.15. The average molecular weight is 554 g/mol. The molecular formula is C29H47NO7S. The Morgan fingerprint density at radius 3 is 2.34 bits per heavy atom. The summed E-state index contributed by atoms with van der Waals surface area (Å²) in [5.74, 6) is -0.164. The molecule has 4 aliphatic carbocycles. The van der Waals surface area contributed by atoms with E-state index in [1.807, 2.05) is 0 Å². The van der Waals surface area contributed by atoms with E-state index in [4.69, 9.17) is 5.11 Å². The third-order valence-corrected chi connectivity index (χ3v) is 12.4. The van der Waals surface area contributed by atoms with Crippen molar-refractivity contribution < 1.29 is 34.8 Å². The molecule has 4 aliphatic rings. The number of hydrogen-bond acceptors (Lipinski definition) is 6. The minimum absolute atomic E-state index is 0.0227. The lowest BCUT2D eigenvalue weighted by Crippen LogP contribution is -2.58. The van der Waals surface area contributed by atoms with Gasteiger partial charge in [-0.1, -0.05) is 20.8 Å². The number of amides is 1. The molecule has 0 radical (unpaired) electrons. The van der Waals surface area contributed by atoms with E-state index < -0.39 is 18.0 Å². The van der Waals surface area contributed by atoms with Gasteiger partial charge in [0.25, 0.3) is 0 Å². The summed E-state index contributed by atoms with van der Waals surface area (Å²) in [6, 6.07) is -1.09. The number of rotatable bonds is 10. The highest BCUT2D eigenvalue weighted by atomic mass is 32.2. The summed E-state index contributed by atoms with van der Waals surface area (Å²) in [7, 11) is 0. The Bertz CT molecular complexity index is 900. The van der Waals surface area contributed by atoms with Gasteiger partial charge >= 0.3 is 11.9 Å². The number of aliphatic hydroxyl groups excluding tert-OH is 2. The summed E-state index contributed by atoms with van der Waals surface area (Å²) < 4.78 is 0. The third-order valence-electron chi connectivity index (χ3n) is 11.4. The van der Waals surface area contributed by atoms with Crippen molar-refractivity contribution in [1.82, 2.24) is 5.32 Å². The second kappa shape index (κ2) is 11.7. The largest absolute Gasteiger partial charge is 0.481 e. The zero-order valence-corrected chi connectivity index (χ0v) is 23.9. The topological polar surface area (TPSA) is 144 Å². The fourth-order valence-corrected chi connectivity index (χ4v) is 10.2. The standard InChI is InChI=1S/C29H47NO7S/c1-16(4-7-24(33)30-22(27(36)37)14-38-15-25(34)35)19-5-6-20-26-21(9-11-29(19,20)3)28(2)10-8-18(31)12-17(28)13-23(26)32/h16-23,26,31-32H,4-15H2,1-3H3,(H,30,33)(H,34,35)(H,36,37). The molecule has 0 heterocycles. The van der Waals surface area contributed by atoms with Crippen molar-refractivity contribution in [2.24, 2.45) is 46.3 Å². The first-order valence-corrected chi connectivity index (χ1v) is 15.7. The van der Waals surface area contributed by atoms with Gasteiger partial charge < -0.3 is 25.7 Å². The van der Waals surface area contributed by atoms with Crippen molar-refractivity contribution in [2.75, 3.05) is 11.5 Å². The molecule has 5 N–H and O–H groups in total. The monoisotopic (exact) mass is 553 g/mol. The molecule has 0 saturated heterocycles. The number of carbonyl (C=O) groups is 3. The van der Waals surface area contributed by atoms with Gasteiger partial charge in [-0.2, -0.15) is 0 Å². The molecule has 8 nitrogen and oxygen atoms in total. The molecule has 11 atom stereocenters. The molecular weight excluding hydrogens is 506 g/mol. The number of carboxylic acids is 2. The molecule has 0 spiro atoms. The molecule has 11 unspecified atom stereocenters. The van der Waals surface area contributed by atoms with Crippen LogP contribution >= 0.6 is 11.8 Å². The maximum absolute atomic E-state index is 12.6. The molecule has 4 saturated carbocycles. The van der Waals surface area contributed by atoms with Crippen molar-refractivity contribution >= 4 is 29.6 Å². The summed E-state index contributed by atoms with van der Waals surface area (Å²) in [6.07, 6.45) is 8.42. The second-order valence-corrected chi connectivity index (χ2v) is 14.4. The van der Waals surface area contributed by atoms with Gasteiger partial charge in [-0.25, -0.2) is 4.79 Å². The average Bonchev–Trinajstić information content (AvgIpc) is 3.20. The summed E-state index contributed by atoms with van der Waals surface area (Å²) in [6.45, 7) is 7.05. The molecule has 9 heteroatoms. The van der Waals surface area contributed by atoms with Gasteiger partial charge in [0.05, 0.1) is 18.0 Å². The Morgan fingerprint density at radius 2 is 1.66 bits per heavy atom. The smallest absolute Gasteiger partial charge is 0.327 e. The first kappa shape index (κ1) is 29.7. The van der Waals surface area contributed by atoms with Crippen LogP contribution in [-0.2, 0) is 14.4 Å². The van der Waals surface area contributed by atoms with Crippen molar-refractivity contribution in [3.05, 3.63) is 0 Å². The lowest BCUT2D eigenvalue weighted by atomic mass is 9.43. The predicted molar refractivity (Wildman–Crippen MR) is 146 cm³/mol. The van der Waals surface area contributed by atoms with Crippen LogP contribution in [0.3, 0.4) is 0 Å². The van der Waals surface area contributed by atoms with E-state index in [-0.39, 0.29) is 46.9 Å². The Balaban J connectivity index is 1.35. The highest BCUT2D eigenvalue weighted by Gasteiger charge is 2.62. The van der Waals surface area contributed by atoms with Crippen molar-refractivity contribution in [2.45, 2.75) is 103 Å². The van der Waals surface area contributed by atoms with Gasteiger partial charge in [0, 0.05) is 12.2 Å². The highest BCUT2D eigenvalue weighted by Crippen LogP contribution is 2.68. The van der Waals surface area contributed by atoms with E-state index in [9.17, 15) is 29.7 Å². The Morgan fingerprint density at radius 1 is 0.974 bits per heavy atom. The maximum Gasteiger partial charge on any atom is 0.327 e. The molecule has 0 aromatic heterocycles. The van der Waals surface area contributed by atoms with Crippen molar-refractivity contribution in [1.29, 1.82) is 0 Å². The van der Waals surface area contributed by atoms with E-state index in [2.05, 4.69) is 26.1 Å². The lowest BCUT2D eigenvalue weighted by Gasteiger charge is -2.62. The molecule has 4 rings (SSSR count). The van der Waals surface area contributed by atoms with E-state index in [0.29, 0.717) is 41.9 Å². The van der Waals surface area contributed by atoms with Crippen LogP contribution in [-0.4, -0.2) is 68.0 Å². The Hall–Kier alpha value is -1.32. The fraction of sp³-hybridized carbons (Fsp3) is 0.897. The molecule has 38 heavy (non-hydrogen) atoms. The summed E-state index contributed by atoms with van der Waals surface area (Å²) in [4.78, 5) is 34.8. The number of carboxylic acid groups (broad SMARTS) is 2. The molecule has 0 aromatic carbocycles. The number of carbonyl (C=O) groups excluding carboxylic acids is 1. The van der Waals surface area contributed by atoms with Gasteiger partial charge in [-0.15, -0.1) is 11.8 Å². The zero-order valence-electron chi connectivity index (χ0n) is 23.1. The van der Waals surface area contributed by atoms with Crippen molar-refractivity contribution in [3.8, 4) is 0 Å². The Kier molecular flexibility index (Phi) is 9.10. The van der Waals surface area contributed by atoms with Gasteiger partial charge in [-0.3, -0.25) is 9.59 Å². The number of nitrogens with one attached hydrogen (secondary N) is 1. The first-order valence-electron chi connectivity index (χ1n) is 14.5. The molecule has 216 valence electrons. The summed E-state index contributed by atoms with van der Waals surface area (Å²) >= 11 is 0.984. The maximum atomic E-state index is 12.6. The van der Waals surface area contributed by atoms with Gasteiger partial charge in [0.1, 0.15) is 6.04 Å². The minimum Gasteiger partial charge on any atom is -0.481 e. The summed E-state index contributed by atoms with van der Waals surface area (Å²) in [5, 5.41) is 42.5. The van der Waals surface area contributed by atoms with E-state index in [1.165, 1.54) is 0 Å². The van der Waals surface area contributed by atoms with Crippen LogP contribution in [0.4, 0.5) is 0 Å². The highest BCUT2D eigenvalue weighted by molar-refractivity contribution is 8.00. The van der Waals surface area contributed by atoms with Crippen LogP contribution in [0.1, 0.15) is 85.0 Å². The second-order valence-electron chi connectivity index (χ2n) is 13.3. The van der Waals surface area contributed by atoms with Crippen LogP contribution in [0, 0.1) is 46.3 Å². The van der Waals surface area contributed by atoms with Crippen LogP contribution in [0.15, 0.2) is 0 Å². The number of fused-ring (bicyclic) bond motifs is 5. The van der Waals surface area contributed by atoms with Crippen molar-refractivity contribution in [3.63, 3.8) is 0 Å². The lowest BCUT2D eigenvalue weighted by molar-refractivity contribution is -0.174. The predicted octanol–water partition coefficient (Wildman–Crippen LogP) is 3.78. The molecule has 0 aromatic rings. The normalized spacial score (nSPS) is 41.8. The van der Waals surface area contributed by atoms with Gasteiger partial charge in [0.2, 0.25) is 5.91 Å². The van der Waals surface area contributed by atoms with Gasteiger partial charge in [-0.05, 0) is 104 Å². The van der Waals surface area contributed by atoms with E-state index in [1.54, 1.807) is 0 Å². The quantitative estimate of drug-likeness (QED) is 0.275. The van der Waals surface area contributed by atoms with Crippen LogP contribution in [0.2, 0.25) is 0 Å². The molecule has 0 aliphatic heterocycles. The number of thioether (sulfide) groups is 1. The zero-order chi connectivity index (χ0) is 27.8. The summed E-state index contributed by atoms with van der Waals surface area (Å²) in [5.41, 5.74) is 0.335. The number of aliphatic carboxylic acids is 2. The van der Waals surface area contributed by atoms with E-state index >= 15 is 0 Å². The fourth-order valence-electron chi connectivity index (χ4n) is 9.44. The number of aliphatic hydroxyl groups is 2. The third kappa shape index (κ3) is 5.75. The van der Waals surface area contributed by atoms with E-state index in [0.717, 1.165) is 63.1 Å².